The predicted octanol–water partition coefficient (Wildman–Crippen LogP) is -0.523. The molecule has 0 aromatic heterocycles. The summed E-state index contributed by atoms with van der Waals surface area (Å²) in [5.41, 5.74) is 0. The van der Waals surface area contributed by atoms with Crippen molar-refractivity contribution in [1.82, 2.24) is 4.99 Å². The molecule has 0 aliphatic carbocycles. The zero-order valence-electron chi connectivity index (χ0n) is 3.46. The first-order valence-electron chi connectivity index (χ1n) is 1.97. The van der Waals surface area contributed by atoms with E-state index in [0.717, 1.165) is 13.1 Å². The van der Waals surface area contributed by atoms with Gasteiger partial charge in [-0.1, -0.05) is 0 Å². The van der Waals surface area contributed by atoms with Crippen LogP contribution in [0.1, 0.15) is 0 Å². The Morgan fingerprint density at radius 1 is 1.67 bits per heavy atom. The minimum absolute atomic E-state index is 0.778. The fourth-order valence-electron chi connectivity index (χ4n) is 0.359. The van der Waals surface area contributed by atoms with Crippen molar-refractivity contribution < 1.29 is 0 Å². The molecule has 31 valence electrons. The molecule has 2 heteroatoms. The SMILES string of the molecule is C1=NCC=[N+]C1. The molecule has 6 heavy (non-hydrogen) atoms. The third-order valence-electron chi connectivity index (χ3n) is 0.632. The molecule has 1 radical (unpaired) electrons. The molecule has 0 amide bonds. The van der Waals surface area contributed by atoms with Crippen molar-refractivity contribution in [2.75, 3.05) is 13.1 Å². The summed E-state index contributed by atoms with van der Waals surface area (Å²) in [5.74, 6) is 0. The van der Waals surface area contributed by atoms with E-state index >= 15 is 0 Å². The van der Waals surface area contributed by atoms with Gasteiger partial charge in [-0.3, -0.25) is 4.99 Å². The minimum Gasteiger partial charge on any atom is -0.280 e. The average molecular weight is 82.1 g/mol. The second-order valence-corrected chi connectivity index (χ2v) is 1.10. The van der Waals surface area contributed by atoms with Crippen LogP contribution in [0.4, 0.5) is 0 Å². The molecular formula is C4H6N2+. The van der Waals surface area contributed by atoms with Crippen molar-refractivity contribution in [2.45, 2.75) is 0 Å². The Morgan fingerprint density at radius 3 is 2.83 bits per heavy atom. The highest BCUT2D eigenvalue weighted by atomic mass is 14.8. The summed E-state index contributed by atoms with van der Waals surface area (Å²) in [6.07, 6.45) is 3.64. The maximum Gasteiger partial charge on any atom is 0.244 e. The smallest absolute Gasteiger partial charge is 0.244 e. The van der Waals surface area contributed by atoms with Gasteiger partial charge < -0.3 is 0 Å². The molecule has 0 unspecified atom stereocenters. The quantitative estimate of drug-likeness (QED) is 0.376. The molecule has 0 saturated carbocycles. The molecule has 1 aliphatic rings. The van der Waals surface area contributed by atoms with Gasteiger partial charge in [0.1, 0.15) is 6.54 Å². The summed E-state index contributed by atoms with van der Waals surface area (Å²) < 4.78 is 0. The van der Waals surface area contributed by atoms with Gasteiger partial charge in [-0.2, -0.15) is 0 Å². The van der Waals surface area contributed by atoms with Crippen molar-refractivity contribution >= 4 is 12.4 Å². The summed E-state index contributed by atoms with van der Waals surface area (Å²) in [6.45, 7) is 1.56. The number of hydrogen-bond acceptors (Lipinski definition) is 2. The van der Waals surface area contributed by atoms with Crippen LogP contribution in [0.2, 0.25) is 0 Å². The highest BCUT2D eigenvalue weighted by Crippen LogP contribution is 1.64. The minimum atomic E-state index is 0.778. The highest BCUT2D eigenvalue weighted by molar-refractivity contribution is 5.70. The molecule has 0 saturated heterocycles. The van der Waals surface area contributed by atoms with Crippen LogP contribution in [0.5, 0.6) is 0 Å². The van der Waals surface area contributed by atoms with Crippen LogP contribution in [0, 0.1) is 0 Å². The summed E-state index contributed by atoms with van der Waals surface area (Å²) in [7, 11) is 0. The van der Waals surface area contributed by atoms with Crippen molar-refractivity contribution in [3.63, 3.8) is 0 Å². The summed E-state index contributed by atoms with van der Waals surface area (Å²) in [5, 5.41) is 0. The van der Waals surface area contributed by atoms with Crippen molar-refractivity contribution in [3.05, 3.63) is 0 Å². The van der Waals surface area contributed by atoms with Crippen LogP contribution in [-0.2, 0) is 0 Å². The second kappa shape index (κ2) is 1.70. The summed E-state index contributed by atoms with van der Waals surface area (Å²) >= 11 is 0. The molecule has 0 aromatic carbocycles. The largest absolute Gasteiger partial charge is 0.280 e. The normalized spacial score (nSPS) is 18.7. The lowest BCUT2D eigenvalue weighted by atomic mass is 10.6. The van der Waals surface area contributed by atoms with Crippen molar-refractivity contribution in [3.8, 4) is 0 Å². The first-order chi connectivity index (χ1) is 3.00. The van der Waals surface area contributed by atoms with Gasteiger partial charge in [-0.15, -0.1) is 0 Å². The Labute approximate surface area is 36.6 Å². The molecule has 1 aliphatic heterocycles. The van der Waals surface area contributed by atoms with Gasteiger partial charge >= 0.3 is 0 Å². The first kappa shape index (κ1) is 3.53. The Morgan fingerprint density at radius 2 is 2.67 bits per heavy atom. The van der Waals surface area contributed by atoms with Crippen LogP contribution in [0.3, 0.4) is 0 Å². The Balaban J connectivity index is 2.40. The fraction of sp³-hybridized carbons (Fsp3) is 0.500. The van der Waals surface area contributed by atoms with Gasteiger partial charge in [0.05, 0.1) is 6.21 Å². The van der Waals surface area contributed by atoms with Gasteiger partial charge in [0.15, 0.2) is 0 Å². The molecule has 0 bridgehead atoms. The van der Waals surface area contributed by atoms with Crippen LogP contribution in [0.25, 0.3) is 0 Å². The maximum absolute atomic E-state index is 3.90. The van der Waals surface area contributed by atoms with Gasteiger partial charge in [0.25, 0.3) is 0 Å². The topological polar surface area (TPSA) is 26.5 Å². The second-order valence-electron chi connectivity index (χ2n) is 1.10. The van der Waals surface area contributed by atoms with Crippen molar-refractivity contribution in [1.29, 1.82) is 0 Å². The molecule has 0 spiro atoms. The number of nitrogens with zero attached hydrogens (tertiary/aromatic N) is 2. The Hall–Kier alpha value is -0.660. The molecule has 1 heterocycles. The monoisotopic (exact) mass is 82.1 g/mol. The van der Waals surface area contributed by atoms with Crippen molar-refractivity contribution in [2.24, 2.45) is 4.99 Å². The lowest BCUT2D eigenvalue weighted by molar-refractivity contribution is 1.11. The average Bonchev–Trinajstić information content (AvgIpc) is 1.72. The van der Waals surface area contributed by atoms with E-state index in [4.69, 9.17) is 0 Å². The third-order valence-corrected chi connectivity index (χ3v) is 0.632. The lowest BCUT2D eigenvalue weighted by Crippen LogP contribution is -2.05. The molecule has 0 aromatic rings. The standard InChI is InChI=1S/C4H6N2/c1-2-6-4-3-5-1/h1,4H,2-3H2/q+1. The van der Waals surface area contributed by atoms with E-state index in [2.05, 4.69) is 9.98 Å². The summed E-state index contributed by atoms with van der Waals surface area (Å²) in [6, 6.07) is 0. The zero-order chi connectivity index (χ0) is 4.24. The van der Waals surface area contributed by atoms with Crippen LogP contribution in [0.15, 0.2) is 4.99 Å². The third kappa shape index (κ3) is 0.641. The Bertz CT molecular complexity index is 63.5. The van der Waals surface area contributed by atoms with Gasteiger partial charge in [0.2, 0.25) is 12.8 Å². The molecule has 1 rings (SSSR count). The zero-order valence-corrected chi connectivity index (χ0v) is 3.46. The number of rotatable bonds is 0. The lowest BCUT2D eigenvalue weighted by Gasteiger charge is -1.75. The van der Waals surface area contributed by atoms with E-state index in [9.17, 15) is 0 Å². The number of aliphatic imine (C=N–C) groups is 2. The molecule has 0 N–H and O–H groups in total. The van der Waals surface area contributed by atoms with E-state index < -0.39 is 0 Å². The van der Waals surface area contributed by atoms with E-state index in [1.165, 1.54) is 0 Å². The molecule has 2 nitrogen and oxygen atoms in total. The summed E-state index contributed by atoms with van der Waals surface area (Å²) in [4.78, 5) is 7.81. The van der Waals surface area contributed by atoms with Gasteiger partial charge in [0, 0.05) is 4.99 Å². The van der Waals surface area contributed by atoms with Gasteiger partial charge in [-0.25, -0.2) is 0 Å². The van der Waals surface area contributed by atoms with E-state index in [1.807, 2.05) is 12.4 Å². The van der Waals surface area contributed by atoms with E-state index in [0.29, 0.717) is 0 Å². The van der Waals surface area contributed by atoms with Crippen LogP contribution >= 0.6 is 0 Å². The molecule has 0 fully saturated rings. The Kier molecular flexibility index (Phi) is 0.998. The van der Waals surface area contributed by atoms with Crippen LogP contribution in [-0.4, -0.2) is 25.5 Å². The molecule has 0 atom stereocenters. The van der Waals surface area contributed by atoms with Gasteiger partial charge in [-0.05, 0) is 0 Å². The van der Waals surface area contributed by atoms with E-state index in [-0.39, 0.29) is 0 Å². The number of hydrogen-bond donors (Lipinski definition) is 0. The first-order valence-corrected chi connectivity index (χ1v) is 1.97. The highest BCUT2D eigenvalue weighted by Gasteiger charge is 1.91. The molecular weight excluding hydrogens is 76.1 g/mol. The van der Waals surface area contributed by atoms with E-state index in [1.54, 1.807) is 0 Å². The fourth-order valence-corrected chi connectivity index (χ4v) is 0.359. The predicted molar refractivity (Wildman–Crippen MR) is 26.4 cm³/mol. The van der Waals surface area contributed by atoms with Crippen LogP contribution < -0.4 is 4.99 Å². The maximum atomic E-state index is 3.90.